The molecule has 17 heavy (non-hydrogen) atoms. The molecule has 0 aliphatic carbocycles. The molecule has 1 atom stereocenters. The Morgan fingerprint density at radius 3 is 2.88 bits per heavy atom. The molecule has 1 aliphatic heterocycles. The first-order valence-electron chi connectivity index (χ1n) is 5.07. The van der Waals surface area contributed by atoms with Gasteiger partial charge < -0.3 is 4.74 Å². The first-order chi connectivity index (χ1) is 8.19. The second-order valence-electron chi connectivity index (χ2n) is 3.63. The summed E-state index contributed by atoms with van der Waals surface area (Å²) in [6.45, 7) is 0.162. The molecule has 1 aromatic rings. The number of hydroxylamine groups is 1. The van der Waals surface area contributed by atoms with E-state index in [2.05, 4.69) is 4.99 Å². The van der Waals surface area contributed by atoms with Crippen molar-refractivity contribution < 1.29 is 14.7 Å². The predicted molar refractivity (Wildman–Crippen MR) is 62.3 cm³/mol. The van der Waals surface area contributed by atoms with Crippen LogP contribution in [0.3, 0.4) is 0 Å². The maximum absolute atomic E-state index is 11.1. The SMILES string of the molecule is O=C(NO)[C@H]1COC(Cc2ccc(Cl)cc2)=N1. The maximum atomic E-state index is 11.1. The fraction of sp³-hybridized carbons (Fsp3) is 0.273. The monoisotopic (exact) mass is 254 g/mol. The van der Waals surface area contributed by atoms with Gasteiger partial charge in [-0.1, -0.05) is 23.7 Å². The summed E-state index contributed by atoms with van der Waals surface area (Å²) in [6, 6.07) is 6.64. The maximum Gasteiger partial charge on any atom is 0.271 e. The molecule has 0 saturated heterocycles. The van der Waals surface area contributed by atoms with Crippen LogP contribution in [-0.2, 0) is 16.0 Å². The molecule has 90 valence electrons. The number of hydrogen-bond donors (Lipinski definition) is 2. The molecule has 0 radical (unpaired) electrons. The van der Waals surface area contributed by atoms with E-state index in [1.54, 1.807) is 17.6 Å². The quantitative estimate of drug-likeness (QED) is 0.629. The predicted octanol–water partition coefficient (Wildman–Crippen LogP) is 1.19. The summed E-state index contributed by atoms with van der Waals surface area (Å²) in [5, 5.41) is 9.13. The van der Waals surface area contributed by atoms with Gasteiger partial charge in [-0.15, -0.1) is 0 Å². The van der Waals surface area contributed by atoms with Gasteiger partial charge in [-0.25, -0.2) is 10.5 Å². The van der Waals surface area contributed by atoms with Gasteiger partial charge in [0.05, 0.1) is 0 Å². The van der Waals surface area contributed by atoms with Crippen molar-refractivity contribution in [2.24, 2.45) is 4.99 Å². The van der Waals surface area contributed by atoms with Crippen molar-refractivity contribution in [1.29, 1.82) is 0 Å². The van der Waals surface area contributed by atoms with Gasteiger partial charge in [0.15, 0.2) is 11.9 Å². The Kier molecular flexibility index (Phi) is 3.61. The van der Waals surface area contributed by atoms with Crippen molar-refractivity contribution in [2.45, 2.75) is 12.5 Å². The van der Waals surface area contributed by atoms with E-state index in [9.17, 15) is 4.79 Å². The number of nitrogens with one attached hydrogen (secondary N) is 1. The molecule has 0 spiro atoms. The van der Waals surface area contributed by atoms with Gasteiger partial charge in [0.1, 0.15) is 6.61 Å². The summed E-state index contributed by atoms with van der Waals surface area (Å²) in [5.74, 6) is -0.0722. The Hall–Kier alpha value is -1.59. The minimum absolute atomic E-state index is 0.162. The molecule has 2 N–H and O–H groups in total. The number of nitrogens with zero attached hydrogens (tertiary/aromatic N) is 1. The molecule has 0 aromatic heterocycles. The van der Waals surface area contributed by atoms with E-state index in [1.807, 2.05) is 12.1 Å². The Morgan fingerprint density at radius 1 is 1.53 bits per heavy atom. The second-order valence-corrected chi connectivity index (χ2v) is 4.07. The standard InChI is InChI=1S/C11H11ClN2O3/c12-8-3-1-7(2-4-8)5-10-13-9(6-17-10)11(15)14-16/h1-4,9,16H,5-6H2,(H,14,15)/t9-/m1/s1. The van der Waals surface area contributed by atoms with Crippen LogP contribution in [0.5, 0.6) is 0 Å². The van der Waals surface area contributed by atoms with E-state index < -0.39 is 11.9 Å². The highest BCUT2D eigenvalue weighted by molar-refractivity contribution is 6.30. The van der Waals surface area contributed by atoms with Crippen LogP contribution in [0.15, 0.2) is 29.3 Å². The van der Waals surface area contributed by atoms with E-state index >= 15 is 0 Å². The van der Waals surface area contributed by atoms with E-state index in [4.69, 9.17) is 21.5 Å². The Balaban J connectivity index is 2.01. The largest absolute Gasteiger partial charge is 0.478 e. The lowest BCUT2D eigenvalue weighted by Gasteiger charge is -2.01. The van der Waals surface area contributed by atoms with E-state index in [0.29, 0.717) is 17.3 Å². The first-order valence-corrected chi connectivity index (χ1v) is 5.44. The number of halogens is 1. The second kappa shape index (κ2) is 5.16. The van der Waals surface area contributed by atoms with Crippen LogP contribution in [0, 0.1) is 0 Å². The van der Waals surface area contributed by atoms with Crippen LogP contribution < -0.4 is 5.48 Å². The number of hydrogen-bond acceptors (Lipinski definition) is 4. The lowest BCUT2D eigenvalue weighted by Crippen LogP contribution is -2.31. The van der Waals surface area contributed by atoms with Crippen molar-refractivity contribution in [1.82, 2.24) is 5.48 Å². The van der Waals surface area contributed by atoms with Gasteiger partial charge >= 0.3 is 0 Å². The summed E-state index contributed by atoms with van der Waals surface area (Å²) >= 11 is 5.77. The van der Waals surface area contributed by atoms with E-state index in [-0.39, 0.29) is 6.61 Å². The van der Waals surface area contributed by atoms with Crippen LogP contribution in [0.25, 0.3) is 0 Å². The van der Waals surface area contributed by atoms with Crippen molar-refractivity contribution >= 4 is 23.4 Å². The van der Waals surface area contributed by atoms with E-state index in [0.717, 1.165) is 5.56 Å². The fourth-order valence-electron chi connectivity index (χ4n) is 1.51. The van der Waals surface area contributed by atoms with Crippen LogP contribution in [0.4, 0.5) is 0 Å². The highest BCUT2D eigenvalue weighted by Crippen LogP contribution is 2.13. The number of carbonyl (C=O) groups is 1. The molecule has 0 saturated carbocycles. The van der Waals surface area contributed by atoms with Crippen LogP contribution in [0.2, 0.25) is 5.02 Å². The van der Waals surface area contributed by atoms with Gasteiger partial charge in [0.25, 0.3) is 5.91 Å². The highest BCUT2D eigenvalue weighted by atomic mass is 35.5. The molecule has 0 unspecified atom stereocenters. The average Bonchev–Trinajstić information content (AvgIpc) is 2.80. The number of rotatable bonds is 3. The lowest BCUT2D eigenvalue weighted by molar-refractivity contribution is -0.130. The average molecular weight is 255 g/mol. The van der Waals surface area contributed by atoms with Crippen molar-refractivity contribution in [3.8, 4) is 0 Å². The third kappa shape index (κ3) is 2.95. The molecule has 0 bridgehead atoms. The summed E-state index contributed by atoms with van der Waals surface area (Å²) in [4.78, 5) is 15.2. The molecular weight excluding hydrogens is 244 g/mol. The summed E-state index contributed by atoms with van der Waals surface area (Å²) in [5.41, 5.74) is 2.55. The molecule has 6 heteroatoms. The molecule has 0 fully saturated rings. The Labute approximate surface area is 103 Å². The first kappa shape index (κ1) is 11.9. The molecule has 5 nitrogen and oxygen atoms in total. The van der Waals surface area contributed by atoms with Gasteiger partial charge in [-0.05, 0) is 17.7 Å². The van der Waals surface area contributed by atoms with Crippen molar-refractivity contribution in [2.75, 3.05) is 6.61 Å². The van der Waals surface area contributed by atoms with Gasteiger partial charge in [-0.3, -0.25) is 10.0 Å². The van der Waals surface area contributed by atoms with Gasteiger partial charge in [-0.2, -0.15) is 0 Å². The van der Waals surface area contributed by atoms with Crippen LogP contribution in [0.1, 0.15) is 5.56 Å². The molecule has 1 aromatic carbocycles. The minimum Gasteiger partial charge on any atom is -0.478 e. The fourth-order valence-corrected chi connectivity index (χ4v) is 1.63. The molecular formula is C11H11ClN2O3. The number of carbonyl (C=O) groups excluding carboxylic acids is 1. The third-order valence-corrected chi connectivity index (χ3v) is 2.64. The molecule has 1 heterocycles. The zero-order valence-corrected chi connectivity index (χ0v) is 9.65. The number of ether oxygens (including phenoxy) is 1. The lowest BCUT2D eigenvalue weighted by atomic mass is 10.1. The molecule has 1 aliphatic rings. The van der Waals surface area contributed by atoms with E-state index in [1.165, 1.54) is 0 Å². The van der Waals surface area contributed by atoms with Crippen LogP contribution in [-0.4, -0.2) is 29.7 Å². The van der Waals surface area contributed by atoms with Crippen molar-refractivity contribution in [3.63, 3.8) is 0 Å². The normalized spacial score (nSPS) is 18.5. The zero-order valence-electron chi connectivity index (χ0n) is 8.89. The zero-order chi connectivity index (χ0) is 12.3. The van der Waals surface area contributed by atoms with Crippen LogP contribution >= 0.6 is 11.6 Å². The summed E-state index contributed by atoms with van der Waals surface area (Å²) < 4.78 is 5.27. The third-order valence-electron chi connectivity index (χ3n) is 2.39. The van der Waals surface area contributed by atoms with Gasteiger partial charge in [0.2, 0.25) is 0 Å². The Bertz CT molecular complexity index is 445. The number of benzene rings is 1. The van der Waals surface area contributed by atoms with Gasteiger partial charge in [0, 0.05) is 11.4 Å². The summed E-state index contributed by atoms with van der Waals surface area (Å²) in [6.07, 6.45) is 0.506. The van der Waals surface area contributed by atoms with Crippen molar-refractivity contribution in [3.05, 3.63) is 34.9 Å². The number of amides is 1. The number of aliphatic imine (C=N–C) groups is 1. The minimum atomic E-state index is -0.665. The molecule has 1 amide bonds. The topological polar surface area (TPSA) is 70.9 Å². The smallest absolute Gasteiger partial charge is 0.271 e. The molecule has 2 rings (SSSR count). The highest BCUT2D eigenvalue weighted by Gasteiger charge is 2.25. The Morgan fingerprint density at radius 2 is 2.24 bits per heavy atom. The summed E-state index contributed by atoms with van der Waals surface area (Å²) in [7, 11) is 0.